The normalized spacial score (nSPS) is 17.1. The molecule has 0 saturated carbocycles. The van der Waals surface area contributed by atoms with Crippen LogP contribution in [0.5, 0.6) is 5.75 Å². The average molecular weight is 624 g/mol. The van der Waals surface area contributed by atoms with E-state index >= 15 is 0 Å². The first-order valence-electron chi connectivity index (χ1n) is 12.6. The molecular formula is C30H28BrFN4O3S. The van der Waals surface area contributed by atoms with Crippen LogP contribution in [0.4, 0.5) is 15.8 Å². The second-order valence-electron chi connectivity index (χ2n) is 10.4. The number of hydrogen-bond donors (Lipinski definition) is 2. The minimum atomic E-state index is -0.573. The summed E-state index contributed by atoms with van der Waals surface area (Å²) in [7, 11) is 1.55. The van der Waals surface area contributed by atoms with Gasteiger partial charge >= 0.3 is 0 Å². The van der Waals surface area contributed by atoms with Crippen LogP contribution in [-0.2, 0) is 4.79 Å². The molecular weight excluding hydrogens is 595 g/mol. The summed E-state index contributed by atoms with van der Waals surface area (Å²) in [5, 5.41) is 6.78. The van der Waals surface area contributed by atoms with Gasteiger partial charge < -0.3 is 24.7 Å². The van der Waals surface area contributed by atoms with Gasteiger partial charge in [-0.2, -0.15) is 0 Å². The Morgan fingerprint density at radius 2 is 1.95 bits per heavy atom. The Bertz CT molecular complexity index is 1570. The first-order chi connectivity index (χ1) is 19.1. The lowest BCUT2D eigenvalue weighted by Crippen LogP contribution is -2.30. The van der Waals surface area contributed by atoms with E-state index in [9.17, 15) is 9.18 Å². The quantitative estimate of drug-likeness (QED) is 0.217. The summed E-state index contributed by atoms with van der Waals surface area (Å²) in [6, 6.07) is 18.8. The zero-order chi connectivity index (χ0) is 28.6. The number of carbonyl (C=O) groups excluding carboxylic acids is 1. The van der Waals surface area contributed by atoms with Gasteiger partial charge in [-0.15, -0.1) is 0 Å². The van der Waals surface area contributed by atoms with Crippen molar-refractivity contribution in [2.75, 3.05) is 17.3 Å². The molecule has 3 heterocycles. The van der Waals surface area contributed by atoms with Gasteiger partial charge in [-0.3, -0.25) is 9.78 Å². The number of rotatable bonds is 6. The predicted molar refractivity (Wildman–Crippen MR) is 161 cm³/mol. The van der Waals surface area contributed by atoms with E-state index in [4.69, 9.17) is 21.4 Å². The molecule has 1 fully saturated rings. The van der Waals surface area contributed by atoms with E-state index in [-0.39, 0.29) is 11.9 Å². The molecule has 1 amide bonds. The highest BCUT2D eigenvalue weighted by molar-refractivity contribution is 9.10. The summed E-state index contributed by atoms with van der Waals surface area (Å²) in [6.07, 6.45) is 1.72. The topological polar surface area (TPSA) is 79.6 Å². The first-order valence-corrected chi connectivity index (χ1v) is 13.8. The van der Waals surface area contributed by atoms with E-state index in [1.807, 2.05) is 62.1 Å². The maximum absolute atomic E-state index is 14.8. The zero-order valence-corrected chi connectivity index (χ0v) is 24.8. The van der Waals surface area contributed by atoms with Gasteiger partial charge in [0.05, 0.1) is 30.1 Å². The van der Waals surface area contributed by atoms with E-state index < -0.39 is 17.3 Å². The second kappa shape index (κ2) is 11.0. The van der Waals surface area contributed by atoms with E-state index in [1.165, 1.54) is 6.07 Å². The molecule has 2 aromatic heterocycles. The molecule has 40 heavy (non-hydrogen) atoms. The highest BCUT2D eigenvalue weighted by atomic mass is 79.9. The van der Waals surface area contributed by atoms with E-state index in [0.717, 1.165) is 11.4 Å². The molecule has 7 nitrogen and oxygen atoms in total. The molecule has 4 aromatic rings. The van der Waals surface area contributed by atoms with Gasteiger partial charge in [-0.05, 0) is 66.8 Å². The highest BCUT2D eigenvalue weighted by Crippen LogP contribution is 2.44. The first kappa shape index (κ1) is 27.8. The number of nitrogens with one attached hydrogen (secondary N) is 2. The lowest BCUT2D eigenvalue weighted by Gasteiger charge is -2.27. The standard InChI is InChI=1S/C30H28BrFN4O3S/c1-30(2,3)28(37)34-21-11-9-18(16-25(21)38-4)36-27(26(35-29(36)40)22-7-5-6-14-33-22)24-13-12-23(39-24)19-10-8-17(31)15-20(19)32/h5-16,26-27H,1-4H3,(H,34,37)(H,35,40). The predicted octanol–water partition coefficient (Wildman–Crippen LogP) is 7.41. The number of nitrogens with zero attached hydrogens (tertiary/aromatic N) is 2. The molecule has 206 valence electrons. The van der Waals surface area contributed by atoms with Gasteiger partial charge in [0.25, 0.3) is 0 Å². The fourth-order valence-corrected chi connectivity index (χ4v) is 5.19. The summed E-state index contributed by atoms with van der Waals surface area (Å²) < 4.78 is 27.3. The Morgan fingerprint density at radius 1 is 1.15 bits per heavy atom. The number of furan rings is 1. The van der Waals surface area contributed by atoms with Crippen LogP contribution < -0.4 is 20.3 Å². The molecule has 0 spiro atoms. The summed E-state index contributed by atoms with van der Waals surface area (Å²) in [6.45, 7) is 5.53. The minimum Gasteiger partial charge on any atom is -0.494 e. The number of carbonyl (C=O) groups is 1. The summed E-state index contributed by atoms with van der Waals surface area (Å²) in [4.78, 5) is 19.1. The van der Waals surface area contributed by atoms with Crippen LogP contribution in [0.15, 0.2) is 81.8 Å². The van der Waals surface area contributed by atoms with E-state index in [2.05, 4.69) is 31.5 Å². The third kappa shape index (κ3) is 5.46. The largest absolute Gasteiger partial charge is 0.494 e. The van der Waals surface area contributed by atoms with Gasteiger partial charge in [0.2, 0.25) is 5.91 Å². The molecule has 0 aliphatic carbocycles. The van der Waals surface area contributed by atoms with Crippen molar-refractivity contribution in [3.8, 4) is 17.1 Å². The van der Waals surface area contributed by atoms with Crippen molar-refractivity contribution in [3.05, 3.63) is 94.7 Å². The molecule has 1 aliphatic rings. The molecule has 1 saturated heterocycles. The van der Waals surface area contributed by atoms with Crippen molar-refractivity contribution in [1.29, 1.82) is 0 Å². The van der Waals surface area contributed by atoms with Crippen molar-refractivity contribution in [3.63, 3.8) is 0 Å². The fraction of sp³-hybridized carbons (Fsp3) is 0.233. The number of halogens is 2. The number of thiocarbonyl (C=S) groups is 1. The van der Waals surface area contributed by atoms with Gasteiger partial charge in [-0.25, -0.2) is 4.39 Å². The summed E-state index contributed by atoms with van der Waals surface area (Å²) in [5.74, 6) is 0.925. The summed E-state index contributed by atoms with van der Waals surface area (Å²) >= 11 is 9.11. The summed E-state index contributed by atoms with van der Waals surface area (Å²) in [5.41, 5.74) is 1.82. The molecule has 1 aliphatic heterocycles. The van der Waals surface area contributed by atoms with Crippen molar-refractivity contribution in [2.45, 2.75) is 32.9 Å². The Labute approximate surface area is 245 Å². The number of benzene rings is 2. The van der Waals surface area contributed by atoms with Crippen LogP contribution in [0.3, 0.4) is 0 Å². The monoisotopic (exact) mass is 622 g/mol. The van der Waals surface area contributed by atoms with Gasteiger partial charge in [-0.1, -0.05) is 42.8 Å². The average Bonchev–Trinajstić information content (AvgIpc) is 3.53. The molecule has 10 heteroatoms. The van der Waals surface area contributed by atoms with Crippen molar-refractivity contribution in [2.24, 2.45) is 5.41 Å². The molecule has 2 atom stereocenters. The molecule has 0 radical (unpaired) electrons. The third-order valence-electron chi connectivity index (χ3n) is 6.61. The second-order valence-corrected chi connectivity index (χ2v) is 11.7. The number of hydrogen-bond acceptors (Lipinski definition) is 5. The third-order valence-corrected chi connectivity index (χ3v) is 7.41. The minimum absolute atomic E-state index is 0.131. The van der Waals surface area contributed by atoms with Crippen molar-refractivity contribution >= 4 is 50.5 Å². The number of ether oxygens (including phenoxy) is 1. The maximum atomic E-state index is 14.8. The van der Waals surface area contributed by atoms with Crippen molar-refractivity contribution < 1.29 is 18.3 Å². The van der Waals surface area contributed by atoms with E-state index in [1.54, 1.807) is 37.6 Å². The molecule has 2 unspecified atom stereocenters. The molecule has 2 aromatic carbocycles. The number of amides is 1. The van der Waals surface area contributed by atoms with Crippen LogP contribution in [0.1, 0.15) is 44.3 Å². The molecule has 5 rings (SSSR count). The zero-order valence-electron chi connectivity index (χ0n) is 22.4. The van der Waals surface area contributed by atoms with Crippen molar-refractivity contribution in [1.82, 2.24) is 10.3 Å². The highest BCUT2D eigenvalue weighted by Gasteiger charge is 2.43. The molecule has 2 N–H and O–H groups in total. The lowest BCUT2D eigenvalue weighted by atomic mass is 9.95. The number of pyridine rings is 1. The number of anilines is 2. The maximum Gasteiger partial charge on any atom is 0.229 e. The van der Waals surface area contributed by atoms with Gasteiger partial charge in [0, 0.05) is 27.8 Å². The lowest BCUT2D eigenvalue weighted by molar-refractivity contribution is -0.123. The van der Waals surface area contributed by atoms with Gasteiger partial charge in [0.15, 0.2) is 5.11 Å². The van der Waals surface area contributed by atoms with Crippen LogP contribution in [-0.4, -0.2) is 23.1 Å². The van der Waals surface area contributed by atoms with Crippen LogP contribution in [0, 0.1) is 11.2 Å². The Balaban J connectivity index is 1.57. The smallest absolute Gasteiger partial charge is 0.229 e. The van der Waals surface area contributed by atoms with Gasteiger partial charge in [0.1, 0.15) is 29.1 Å². The Kier molecular flexibility index (Phi) is 7.65. The van der Waals surface area contributed by atoms with E-state index in [0.29, 0.717) is 38.1 Å². The number of methoxy groups -OCH3 is 1. The Hall–Kier alpha value is -3.76. The fourth-order valence-electron chi connectivity index (χ4n) is 4.51. The van der Waals surface area contributed by atoms with Crippen LogP contribution in [0.25, 0.3) is 11.3 Å². The van der Waals surface area contributed by atoms with Crippen LogP contribution >= 0.6 is 28.1 Å². The molecule has 0 bridgehead atoms. The Morgan fingerprint density at radius 3 is 2.62 bits per heavy atom. The number of aromatic nitrogens is 1. The SMILES string of the molecule is COc1cc(N2C(=S)NC(c3ccccn3)C2c2ccc(-c3ccc(Br)cc3F)o2)ccc1NC(=O)C(C)(C)C. The van der Waals surface area contributed by atoms with Crippen LogP contribution in [0.2, 0.25) is 0 Å².